The van der Waals surface area contributed by atoms with Gasteiger partial charge in [0.15, 0.2) is 24.1 Å². The molecule has 0 fully saturated rings. The summed E-state index contributed by atoms with van der Waals surface area (Å²) in [5.74, 6) is 1.57. The van der Waals surface area contributed by atoms with Gasteiger partial charge in [-0.15, -0.1) is 0 Å². The Bertz CT molecular complexity index is 939. The zero-order valence-corrected chi connectivity index (χ0v) is 17.8. The Balaban J connectivity index is 1.40. The van der Waals surface area contributed by atoms with Crippen molar-refractivity contribution in [2.45, 2.75) is 19.1 Å². The largest absolute Gasteiger partial charge is 0.486 e. The van der Waals surface area contributed by atoms with Gasteiger partial charge in [-0.3, -0.25) is 4.79 Å². The number of benzene rings is 3. The van der Waals surface area contributed by atoms with E-state index in [2.05, 4.69) is 12.2 Å². The average Bonchev–Trinajstić information content (AvgIpc) is 2.83. The number of para-hydroxylation sites is 2. The first-order chi connectivity index (χ1) is 15.2. The third-order valence-corrected chi connectivity index (χ3v) is 5.57. The highest BCUT2D eigenvalue weighted by Crippen LogP contribution is 2.30. The van der Waals surface area contributed by atoms with Crippen LogP contribution in [0.25, 0.3) is 0 Å². The smallest absolute Gasteiger partial charge is 0.275 e. The van der Waals surface area contributed by atoms with E-state index in [0.29, 0.717) is 19.7 Å². The molecule has 1 heterocycles. The molecule has 0 bridgehead atoms. The molecule has 4 rings (SSSR count). The van der Waals surface area contributed by atoms with Crippen molar-refractivity contribution in [1.29, 1.82) is 0 Å². The van der Waals surface area contributed by atoms with Crippen molar-refractivity contribution < 1.29 is 19.2 Å². The molecule has 0 aliphatic carbocycles. The summed E-state index contributed by atoms with van der Waals surface area (Å²) in [6.07, 6.45) is -0.0725. The van der Waals surface area contributed by atoms with Crippen molar-refractivity contribution in [2.24, 2.45) is 0 Å². The molecule has 160 valence electrons. The molecular formula is C26H29N2O3+. The predicted octanol–water partition coefficient (Wildman–Crippen LogP) is 2.64. The van der Waals surface area contributed by atoms with Gasteiger partial charge in [0.2, 0.25) is 0 Å². The Morgan fingerprint density at radius 1 is 0.935 bits per heavy atom. The van der Waals surface area contributed by atoms with Crippen LogP contribution in [0.2, 0.25) is 0 Å². The van der Waals surface area contributed by atoms with Gasteiger partial charge in [0.25, 0.3) is 5.91 Å². The second-order valence-electron chi connectivity index (χ2n) is 7.80. The van der Waals surface area contributed by atoms with Crippen LogP contribution in [0, 0.1) is 0 Å². The molecule has 0 spiro atoms. The monoisotopic (exact) mass is 417 g/mol. The first-order valence-corrected chi connectivity index (χ1v) is 10.8. The Morgan fingerprint density at radius 2 is 1.52 bits per heavy atom. The van der Waals surface area contributed by atoms with Crippen LogP contribution < -0.4 is 19.7 Å². The summed E-state index contributed by atoms with van der Waals surface area (Å²) in [5.41, 5.74) is 2.14. The van der Waals surface area contributed by atoms with Gasteiger partial charge >= 0.3 is 0 Å². The third-order valence-electron chi connectivity index (χ3n) is 5.57. The van der Waals surface area contributed by atoms with Crippen LogP contribution in [-0.2, 0) is 4.79 Å². The molecule has 0 radical (unpaired) electrons. The van der Waals surface area contributed by atoms with E-state index in [1.54, 1.807) is 0 Å². The molecule has 2 atom stereocenters. The lowest BCUT2D eigenvalue weighted by atomic mass is 9.99. The maximum Gasteiger partial charge on any atom is 0.275 e. The van der Waals surface area contributed by atoms with Crippen molar-refractivity contribution >= 4 is 5.91 Å². The molecular weight excluding hydrogens is 388 g/mol. The lowest BCUT2D eigenvalue weighted by Crippen LogP contribution is -3.14. The maximum atomic E-state index is 13.0. The van der Waals surface area contributed by atoms with Crippen molar-refractivity contribution in [2.75, 3.05) is 26.2 Å². The lowest BCUT2D eigenvalue weighted by Gasteiger charge is -2.29. The van der Waals surface area contributed by atoms with Crippen LogP contribution in [0.15, 0.2) is 84.9 Å². The molecule has 3 aromatic carbocycles. The van der Waals surface area contributed by atoms with Crippen molar-refractivity contribution in [3.05, 3.63) is 96.1 Å². The fourth-order valence-electron chi connectivity index (χ4n) is 3.92. The minimum Gasteiger partial charge on any atom is -0.486 e. The highest BCUT2D eigenvalue weighted by atomic mass is 16.6. The number of rotatable bonds is 8. The topological polar surface area (TPSA) is 52.0 Å². The number of nitrogens with one attached hydrogen (secondary N) is 2. The van der Waals surface area contributed by atoms with Crippen LogP contribution in [0.3, 0.4) is 0 Å². The second kappa shape index (κ2) is 10.1. The molecule has 0 saturated heterocycles. The van der Waals surface area contributed by atoms with E-state index in [4.69, 9.17) is 9.47 Å². The van der Waals surface area contributed by atoms with Gasteiger partial charge in [-0.1, -0.05) is 72.8 Å². The van der Waals surface area contributed by atoms with Gasteiger partial charge in [0.1, 0.15) is 13.2 Å². The summed E-state index contributed by atoms with van der Waals surface area (Å²) < 4.78 is 11.9. The molecule has 1 aliphatic heterocycles. The summed E-state index contributed by atoms with van der Waals surface area (Å²) in [4.78, 5) is 14.2. The number of carbonyl (C=O) groups excluding carboxylic acids is 1. The van der Waals surface area contributed by atoms with Gasteiger partial charge in [-0.2, -0.15) is 0 Å². The second-order valence-corrected chi connectivity index (χ2v) is 7.80. The molecule has 0 saturated carbocycles. The fraction of sp³-hybridized carbons (Fsp3) is 0.269. The van der Waals surface area contributed by atoms with Crippen LogP contribution >= 0.6 is 0 Å². The molecule has 1 aliphatic rings. The highest BCUT2D eigenvalue weighted by molar-refractivity contribution is 5.78. The van der Waals surface area contributed by atoms with Gasteiger partial charge in [-0.05, 0) is 30.2 Å². The van der Waals surface area contributed by atoms with Crippen LogP contribution in [-0.4, -0.2) is 38.3 Å². The van der Waals surface area contributed by atoms with E-state index in [0.717, 1.165) is 34.1 Å². The number of likely N-dealkylation sites (N-methyl/N-ethyl adjacent to an activating group) is 1. The molecule has 1 amide bonds. The van der Waals surface area contributed by atoms with E-state index in [-0.39, 0.29) is 18.1 Å². The normalized spacial score (nSPS) is 16.0. The number of amides is 1. The Labute approximate surface area is 183 Å². The molecule has 3 aromatic rings. The summed E-state index contributed by atoms with van der Waals surface area (Å²) in [6.45, 7) is 4.51. The third kappa shape index (κ3) is 5.44. The zero-order valence-electron chi connectivity index (χ0n) is 17.8. The molecule has 5 heteroatoms. The number of fused-ring (bicyclic) bond motifs is 1. The van der Waals surface area contributed by atoms with Crippen molar-refractivity contribution in [1.82, 2.24) is 5.32 Å². The quantitative estimate of drug-likeness (QED) is 0.593. The fourth-order valence-corrected chi connectivity index (χ4v) is 3.92. The Hall–Kier alpha value is -3.31. The lowest BCUT2D eigenvalue weighted by molar-refractivity contribution is -0.893. The van der Waals surface area contributed by atoms with Crippen LogP contribution in [0.5, 0.6) is 11.5 Å². The predicted molar refractivity (Wildman–Crippen MR) is 120 cm³/mol. The Kier molecular flexibility index (Phi) is 6.85. The van der Waals surface area contributed by atoms with Gasteiger partial charge in [0.05, 0.1) is 12.6 Å². The highest BCUT2D eigenvalue weighted by Gasteiger charge is 2.26. The van der Waals surface area contributed by atoms with E-state index in [9.17, 15) is 4.79 Å². The van der Waals surface area contributed by atoms with E-state index in [1.165, 1.54) is 0 Å². The van der Waals surface area contributed by atoms with E-state index in [1.807, 2.05) is 84.9 Å². The molecule has 1 unspecified atom stereocenters. The summed E-state index contributed by atoms with van der Waals surface area (Å²) in [6, 6.07) is 27.7. The molecule has 0 aromatic heterocycles. The van der Waals surface area contributed by atoms with Crippen LogP contribution in [0.1, 0.15) is 24.1 Å². The SMILES string of the molecule is CC[NH+](CC(=O)NC(c1ccccc1)c1ccccc1)C[C@H]1COc2ccccc2O1. The number of quaternary nitrogens is 1. The molecule has 5 nitrogen and oxygen atoms in total. The van der Waals surface area contributed by atoms with E-state index < -0.39 is 0 Å². The summed E-state index contributed by atoms with van der Waals surface area (Å²) in [7, 11) is 0. The standard InChI is InChI=1S/C26H28N2O3/c1-2-28(17-22-19-30-23-15-9-10-16-24(23)31-22)18-25(29)27-26(20-11-5-3-6-12-20)21-13-7-4-8-14-21/h3-16,22,26H,2,17-19H2,1H3,(H,27,29)/p+1/t22-/m0/s1. The number of hydrogen-bond donors (Lipinski definition) is 2. The van der Waals surface area contributed by atoms with Crippen molar-refractivity contribution in [3.8, 4) is 11.5 Å². The Morgan fingerprint density at radius 3 is 2.13 bits per heavy atom. The van der Waals surface area contributed by atoms with Gasteiger partial charge in [-0.25, -0.2) is 0 Å². The minimum absolute atomic E-state index is 0.0201. The number of ether oxygens (including phenoxy) is 2. The molecule has 2 N–H and O–H groups in total. The van der Waals surface area contributed by atoms with Gasteiger partial charge < -0.3 is 19.7 Å². The average molecular weight is 418 g/mol. The van der Waals surface area contributed by atoms with Crippen molar-refractivity contribution in [3.63, 3.8) is 0 Å². The summed E-state index contributed by atoms with van der Waals surface area (Å²) in [5, 5.41) is 3.24. The maximum absolute atomic E-state index is 13.0. The first-order valence-electron chi connectivity index (χ1n) is 10.8. The zero-order chi connectivity index (χ0) is 21.5. The first kappa shape index (κ1) is 20.9. The van der Waals surface area contributed by atoms with E-state index >= 15 is 0 Å². The minimum atomic E-state index is -0.172. The summed E-state index contributed by atoms with van der Waals surface area (Å²) >= 11 is 0. The molecule has 31 heavy (non-hydrogen) atoms. The number of hydrogen-bond acceptors (Lipinski definition) is 3. The number of carbonyl (C=O) groups is 1. The van der Waals surface area contributed by atoms with Gasteiger partial charge in [0, 0.05) is 0 Å². The van der Waals surface area contributed by atoms with Crippen LogP contribution in [0.4, 0.5) is 0 Å².